The van der Waals surface area contributed by atoms with Crippen LogP contribution >= 0.6 is 0 Å². The molecule has 3 aromatic rings. The molecule has 0 radical (unpaired) electrons. The highest BCUT2D eigenvalue weighted by Crippen LogP contribution is 2.35. The molecule has 28 heavy (non-hydrogen) atoms. The molecular formula is C20H18N4O4. The molecule has 8 heteroatoms. The number of nitrogens with one attached hydrogen (secondary N) is 1. The van der Waals surface area contributed by atoms with Gasteiger partial charge in [0.15, 0.2) is 11.5 Å². The van der Waals surface area contributed by atoms with Crippen molar-refractivity contribution in [1.82, 2.24) is 20.1 Å². The molecule has 0 aliphatic carbocycles. The van der Waals surface area contributed by atoms with E-state index in [2.05, 4.69) is 15.4 Å². The van der Waals surface area contributed by atoms with Crippen LogP contribution in [0.1, 0.15) is 12.0 Å². The normalized spacial score (nSPS) is 12.0. The van der Waals surface area contributed by atoms with Crippen molar-refractivity contribution in [2.24, 2.45) is 0 Å². The molecule has 0 saturated carbocycles. The Morgan fingerprint density at radius 2 is 2.04 bits per heavy atom. The highest BCUT2D eigenvalue weighted by atomic mass is 16.7. The molecule has 1 amide bonds. The molecule has 1 aliphatic rings. The zero-order chi connectivity index (χ0) is 19.3. The zero-order valence-electron chi connectivity index (χ0n) is 15.0. The summed E-state index contributed by atoms with van der Waals surface area (Å²) >= 11 is 0. The summed E-state index contributed by atoms with van der Waals surface area (Å²) in [5.74, 6) is 1.17. The van der Waals surface area contributed by atoms with Gasteiger partial charge in [-0.25, -0.2) is 4.68 Å². The van der Waals surface area contributed by atoms with E-state index in [4.69, 9.17) is 9.47 Å². The summed E-state index contributed by atoms with van der Waals surface area (Å²) < 4.78 is 12.0. The van der Waals surface area contributed by atoms with Crippen LogP contribution in [0.4, 0.5) is 0 Å². The van der Waals surface area contributed by atoms with E-state index in [0.717, 1.165) is 11.1 Å². The quantitative estimate of drug-likeness (QED) is 0.702. The molecule has 3 heterocycles. The average Bonchev–Trinajstić information content (AvgIpc) is 3.20. The number of hydrogen-bond donors (Lipinski definition) is 1. The first-order valence-corrected chi connectivity index (χ1v) is 8.83. The van der Waals surface area contributed by atoms with Gasteiger partial charge in [0.25, 0.3) is 5.56 Å². The molecular weight excluding hydrogens is 360 g/mol. The number of amides is 1. The number of hydrogen-bond acceptors (Lipinski definition) is 6. The number of carbonyl (C=O) groups excluding carboxylic acids is 1. The highest BCUT2D eigenvalue weighted by molar-refractivity contribution is 5.75. The first-order chi connectivity index (χ1) is 13.7. The number of benzene rings is 1. The van der Waals surface area contributed by atoms with E-state index in [-0.39, 0.29) is 31.2 Å². The molecule has 0 atom stereocenters. The van der Waals surface area contributed by atoms with Gasteiger partial charge in [0.2, 0.25) is 12.7 Å². The van der Waals surface area contributed by atoms with Gasteiger partial charge in [-0.3, -0.25) is 14.6 Å². The molecule has 2 aromatic heterocycles. The molecule has 8 nitrogen and oxygen atoms in total. The summed E-state index contributed by atoms with van der Waals surface area (Å²) in [5, 5.41) is 7.19. The SMILES string of the molecule is O=C(CCn1nc(-c2ccc3c(c2)OCO3)ccc1=O)NCc1cccnc1. The fourth-order valence-electron chi connectivity index (χ4n) is 2.82. The molecule has 0 saturated heterocycles. The Kier molecular flexibility index (Phi) is 5.01. The summed E-state index contributed by atoms with van der Waals surface area (Å²) in [6.07, 6.45) is 3.52. The van der Waals surface area contributed by atoms with Crippen LogP contribution in [0.5, 0.6) is 11.5 Å². The smallest absolute Gasteiger partial charge is 0.266 e. The van der Waals surface area contributed by atoms with Crippen molar-refractivity contribution in [2.45, 2.75) is 19.5 Å². The van der Waals surface area contributed by atoms with Gasteiger partial charge in [0.05, 0.1) is 12.2 Å². The van der Waals surface area contributed by atoms with Crippen molar-refractivity contribution in [2.75, 3.05) is 6.79 Å². The van der Waals surface area contributed by atoms with Crippen LogP contribution in [0.3, 0.4) is 0 Å². The summed E-state index contributed by atoms with van der Waals surface area (Å²) in [6.45, 7) is 0.780. The van der Waals surface area contributed by atoms with Crippen molar-refractivity contribution < 1.29 is 14.3 Å². The van der Waals surface area contributed by atoms with Gasteiger partial charge >= 0.3 is 0 Å². The van der Waals surface area contributed by atoms with Crippen molar-refractivity contribution in [3.8, 4) is 22.8 Å². The average molecular weight is 378 g/mol. The number of pyridine rings is 1. The van der Waals surface area contributed by atoms with Crippen LogP contribution in [-0.2, 0) is 17.9 Å². The second kappa shape index (κ2) is 7.91. The van der Waals surface area contributed by atoms with Crippen LogP contribution in [0.15, 0.2) is 59.7 Å². The largest absolute Gasteiger partial charge is 0.454 e. The molecule has 0 unspecified atom stereocenters. The van der Waals surface area contributed by atoms with Crippen molar-refractivity contribution in [1.29, 1.82) is 0 Å². The third-order valence-corrected chi connectivity index (χ3v) is 4.30. The minimum absolute atomic E-state index is 0.151. The third kappa shape index (κ3) is 4.01. The van der Waals surface area contributed by atoms with E-state index < -0.39 is 0 Å². The van der Waals surface area contributed by atoms with E-state index in [1.54, 1.807) is 24.5 Å². The first-order valence-electron chi connectivity index (χ1n) is 8.83. The Balaban J connectivity index is 1.41. The van der Waals surface area contributed by atoms with Gasteiger partial charge in [-0.15, -0.1) is 0 Å². The molecule has 4 rings (SSSR count). The standard InChI is InChI=1S/C20H18N4O4/c25-19(22-12-14-2-1-8-21-11-14)7-9-24-20(26)6-4-16(23-24)15-3-5-17-18(10-15)28-13-27-17/h1-6,8,10-11H,7,9,12-13H2,(H,22,25). The number of nitrogens with zero attached hydrogens (tertiary/aromatic N) is 3. The van der Waals surface area contributed by atoms with E-state index in [1.807, 2.05) is 24.3 Å². The zero-order valence-corrected chi connectivity index (χ0v) is 15.0. The van der Waals surface area contributed by atoms with E-state index in [9.17, 15) is 9.59 Å². The van der Waals surface area contributed by atoms with Crippen LogP contribution in [0, 0.1) is 0 Å². The Bertz CT molecular complexity index is 1050. The molecule has 0 bridgehead atoms. The van der Waals surface area contributed by atoms with Gasteiger partial charge in [-0.05, 0) is 35.9 Å². The summed E-state index contributed by atoms with van der Waals surface area (Å²) in [7, 11) is 0. The van der Waals surface area contributed by atoms with Crippen LogP contribution in [-0.4, -0.2) is 27.5 Å². The second-order valence-corrected chi connectivity index (χ2v) is 6.24. The Hall–Kier alpha value is -3.68. The van der Waals surface area contributed by atoms with Crippen LogP contribution < -0.4 is 20.3 Å². The third-order valence-electron chi connectivity index (χ3n) is 4.30. The summed E-state index contributed by atoms with van der Waals surface area (Å²) in [5.41, 5.74) is 2.08. The predicted molar refractivity (Wildman–Crippen MR) is 101 cm³/mol. The van der Waals surface area contributed by atoms with Crippen LogP contribution in [0.25, 0.3) is 11.3 Å². The number of fused-ring (bicyclic) bond motifs is 1. The van der Waals surface area contributed by atoms with Gasteiger partial charge < -0.3 is 14.8 Å². The topological polar surface area (TPSA) is 95.3 Å². The number of rotatable bonds is 6. The summed E-state index contributed by atoms with van der Waals surface area (Å²) in [4.78, 5) is 28.2. The lowest BCUT2D eigenvalue weighted by Gasteiger charge is -2.08. The Morgan fingerprint density at radius 3 is 2.89 bits per heavy atom. The van der Waals surface area contributed by atoms with E-state index in [1.165, 1.54) is 10.7 Å². The van der Waals surface area contributed by atoms with E-state index in [0.29, 0.717) is 23.7 Å². The minimum Gasteiger partial charge on any atom is -0.454 e. The molecule has 1 aliphatic heterocycles. The highest BCUT2D eigenvalue weighted by Gasteiger charge is 2.15. The fourth-order valence-corrected chi connectivity index (χ4v) is 2.82. The molecule has 1 aromatic carbocycles. The summed E-state index contributed by atoms with van der Waals surface area (Å²) in [6, 6.07) is 12.3. The van der Waals surface area contributed by atoms with Gasteiger partial charge in [-0.1, -0.05) is 6.07 Å². The number of aryl methyl sites for hydroxylation is 1. The number of aromatic nitrogens is 3. The maximum atomic E-state index is 12.1. The predicted octanol–water partition coefficient (Wildman–Crippen LogP) is 1.74. The second-order valence-electron chi connectivity index (χ2n) is 6.24. The lowest BCUT2D eigenvalue weighted by atomic mass is 10.1. The van der Waals surface area contributed by atoms with Crippen molar-refractivity contribution in [3.05, 3.63) is 70.8 Å². The molecule has 142 valence electrons. The molecule has 0 fully saturated rings. The minimum atomic E-state index is -0.260. The maximum absolute atomic E-state index is 12.1. The lowest BCUT2D eigenvalue weighted by molar-refractivity contribution is -0.121. The van der Waals surface area contributed by atoms with Gasteiger partial charge in [0.1, 0.15) is 0 Å². The fraction of sp³-hybridized carbons (Fsp3) is 0.200. The van der Waals surface area contributed by atoms with Crippen LogP contribution in [0.2, 0.25) is 0 Å². The van der Waals surface area contributed by atoms with Crippen molar-refractivity contribution >= 4 is 5.91 Å². The number of ether oxygens (including phenoxy) is 2. The molecule has 1 N–H and O–H groups in total. The maximum Gasteiger partial charge on any atom is 0.266 e. The molecule has 0 spiro atoms. The Labute approximate surface area is 160 Å². The number of carbonyl (C=O) groups is 1. The van der Waals surface area contributed by atoms with Gasteiger partial charge in [-0.2, -0.15) is 5.10 Å². The monoisotopic (exact) mass is 378 g/mol. The van der Waals surface area contributed by atoms with E-state index >= 15 is 0 Å². The lowest BCUT2D eigenvalue weighted by Crippen LogP contribution is -2.28. The van der Waals surface area contributed by atoms with Gasteiger partial charge in [0, 0.05) is 37.0 Å². The Morgan fingerprint density at radius 1 is 1.14 bits per heavy atom. The first kappa shape index (κ1) is 17.7. The van der Waals surface area contributed by atoms with Crippen molar-refractivity contribution in [3.63, 3.8) is 0 Å².